The maximum atomic E-state index is 9.63. The van der Waals surface area contributed by atoms with Crippen LogP contribution in [0.4, 0.5) is 0 Å². The van der Waals surface area contributed by atoms with Crippen LogP contribution in [0.1, 0.15) is 39.5 Å². The number of carbonyl (C=O) groups is 2. The van der Waals surface area contributed by atoms with Gasteiger partial charge in [-0.05, 0) is 12.8 Å². The first-order chi connectivity index (χ1) is 14.1. The second kappa shape index (κ2) is 15.2. The van der Waals surface area contributed by atoms with Crippen molar-refractivity contribution in [1.29, 1.82) is 0 Å². The summed E-state index contributed by atoms with van der Waals surface area (Å²) in [6, 6.07) is 0. The highest BCUT2D eigenvalue weighted by molar-refractivity contribution is 5.80. The van der Waals surface area contributed by atoms with Gasteiger partial charge in [-0.2, -0.15) is 0 Å². The minimum atomic E-state index is -2.44. The molecular formula is C20H34N4O6. The van der Waals surface area contributed by atoms with E-state index in [1.807, 2.05) is 14.1 Å². The molecule has 2 aromatic rings. The average molecular weight is 427 g/mol. The normalized spacial score (nSPS) is 12.1. The van der Waals surface area contributed by atoms with Crippen LogP contribution < -0.4 is 19.3 Å². The summed E-state index contributed by atoms with van der Waals surface area (Å²) in [5.41, 5.74) is 0. The van der Waals surface area contributed by atoms with Gasteiger partial charge in [0.25, 0.3) is 0 Å². The SMILES string of the molecule is CCCCn1cc[n+](C)c1.CCCCn1cc[n+](C)c1.O=C([O-])[C@@H](O)[C@H](O)C(=O)[O-]. The van der Waals surface area contributed by atoms with Crippen LogP contribution >= 0.6 is 0 Å². The van der Waals surface area contributed by atoms with Crippen LogP contribution in [0, 0.1) is 0 Å². The van der Waals surface area contributed by atoms with E-state index >= 15 is 0 Å². The topological polar surface area (TPSA) is 138 Å². The van der Waals surface area contributed by atoms with E-state index in [0.717, 1.165) is 13.1 Å². The molecule has 2 rings (SSSR count). The second-order valence-corrected chi connectivity index (χ2v) is 6.87. The molecular weight excluding hydrogens is 392 g/mol. The molecule has 30 heavy (non-hydrogen) atoms. The molecule has 0 aliphatic heterocycles. The van der Waals surface area contributed by atoms with Gasteiger partial charge < -0.3 is 30.0 Å². The van der Waals surface area contributed by atoms with Gasteiger partial charge in [0.15, 0.2) is 0 Å². The van der Waals surface area contributed by atoms with Crippen molar-refractivity contribution in [1.82, 2.24) is 9.13 Å². The van der Waals surface area contributed by atoms with Gasteiger partial charge in [0, 0.05) is 0 Å². The predicted molar refractivity (Wildman–Crippen MR) is 103 cm³/mol. The Bertz CT molecular complexity index is 681. The number of aryl methyl sites for hydroxylation is 4. The number of nitrogens with zero attached hydrogens (tertiary/aromatic N) is 4. The summed E-state index contributed by atoms with van der Waals surface area (Å²) in [5.74, 6) is -4.12. The first-order valence-electron chi connectivity index (χ1n) is 9.92. The lowest BCUT2D eigenvalue weighted by molar-refractivity contribution is -0.671. The van der Waals surface area contributed by atoms with Crippen LogP contribution in [0.2, 0.25) is 0 Å². The number of aliphatic hydroxyl groups is 2. The number of carboxylic acid groups (broad SMARTS) is 2. The van der Waals surface area contributed by atoms with Crippen LogP contribution in [0.25, 0.3) is 0 Å². The van der Waals surface area contributed by atoms with Gasteiger partial charge in [0.2, 0.25) is 12.7 Å². The van der Waals surface area contributed by atoms with Crippen LogP contribution in [0.3, 0.4) is 0 Å². The molecule has 2 atom stereocenters. The third kappa shape index (κ3) is 12.0. The smallest absolute Gasteiger partial charge is 0.243 e. The van der Waals surface area contributed by atoms with E-state index in [0.29, 0.717) is 0 Å². The van der Waals surface area contributed by atoms with Crippen LogP contribution in [-0.4, -0.2) is 43.5 Å². The molecule has 10 nitrogen and oxygen atoms in total. The van der Waals surface area contributed by atoms with E-state index in [4.69, 9.17) is 10.2 Å². The van der Waals surface area contributed by atoms with Crippen molar-refractivity contribution in [3.63, 3.8) is 0 Å². The number of rotatable bonds is 9. The quantitative estimate of drug-likeness (QED) is 0.423. The summed E-state index contributed by atoms with van der Waals surface area (Å²) in [7, 11) is 4.09. The maximum absolute atomic E-state index is 9.63. The van der Waals surface area contributed by atoms with Gasteiger partial charge in [0.1, 0.15) is 37.0 Å². The van der Waals surface area contributed by atoms with E-state index in [9.17, 15) is 19.8 Å². The van der Waals surface area contributed by atoms with E-state index in [1.165, 1.54) is 25.7 Å². The van der Waals surface area contributed by atoms with E-state index in [1.54, 1.807) is 0 Å². The highest BCUT2D eigenvalue weighted by Gasteiger charge is 2.17. The fraction of sp³-hybridized carbons (Fsp3) is 0.600. The Balaban J connectivity index is 0.000000420. The van der Waals surface area contributed by atoms with Gasteiger partial charge in [-0.3, -0.25) is 0 Å². The molecule has 0 aromatic carbocycles. The fourth-order valence-electron chi connectivity index (χ4n) is 2.21. The van der Waals surface area contributed by atoms with Crippen molar-refractivity contribution in [2.75, 3.05) is 0 Å². The molecule has 0 saturated carbocycles. The summed E-state index contributed by atoms with van der Waals surface area (Å²) in [4.78, 5) is 19.3. The number of unbranched alkanes of at least 4 members (excludes halogenated alkanes) is 2. The van der Waals surface area contributed by atoms with Gasteiger partial charge >= 0.3 is 0 Å². The molecule has 0 aliphatic carbocycles. The molecule has 0 amide bonds. The molecule has 10 heteroatoms. The first-order valence-corrected chi connectivity index (χ1v) is 9.92. The number of hydrogen-bond acceptors (Lipinski definition) is 6. The van der Waals surface area contributed by atoms with Crippen molar-refractivity contribution in [2.45, 2.75) is 64.8 Å². The summed E-state index contributed by atoms with van der Waals surface area (Å²) in [6.45, 7) is 6.72. The number of aliphatic carboxylic acids is 2. The Labute approximate surface area is 177 Å². The zero-order chi connectivity index (χ0) is 23.1. The van der Waals surface area contributed by atoms with E-state index in [-0.39, 0.29) is 0 Å². The van der Waals surface area contributed by atoms with Crippen LogP contribution in [0.15, 0.2) is 37.4 Å². The van der Waals surface area contributed by atoms with Crippen molar-refractivity contribution in [3.8, 4) is 0 Å². The Hall–Kier alpha value is -2.72. The molecule has 2 aromatic heterocycles. The number of imidazole rings is 2. The lowest BCUT2D eigenvalue weighted by atomic mass is 10.2. The lowest BCUT2D eigenvalue weighted by Crippen LogP contribution is -2.51. The molecule has 170 valence electrons. The molecule has 0 aliphatic rings. The monoisotopic (exact) mass is 426 g/mol. The lowest BCUT2D eigenvalue weighted by Gasteiger charge is -2.18. The summed E-state index contributed by atoms with van der Waals surface area (Å²) in [5, 5.41) is 35.7. The first kappa shape index (κ1) is 27.3. The minimum Gasteiger partial charge on any atom is -0.547 e. The Morgan fingerprint density at radius 2 is 1.17 bits per heavy atom. The van der Waals surface area contributed by atoms with Crippen LogP contribution in [0.5, 0.6) is 0 Å². The third-order valence-corrected chi connectivity index (χ3v) is 3.97. The highest BCUT2D eigenvalue weighted by Crippen LogP contribution is 1.92. The Morgan fingerprint density at radius 1 is 0.833 bits per heavy atom. The van der Waals surface area contributed by atoms with Gasteiger partial charge in [-0.1, -0.05) is 26.7 Å². The number of carboxylic acids is 2. The molecule has 0 bridgehead atoms. The second-order valence-electron chi connectivity index (χ2n) is 6.87. The summed E-state index contributed by atoms with van der Waals surface area (Å²) < 4.78 is 8.55. The summed E-state index contributed by atoms with van der Waals surface area (Å²) >= 11 is 0. The van der Waals surface area contributed by atoms with Crippen molar-refractivity contribution in [3.05, 3.63) is 37.4 Å². The largest absolute Gasteiger partial charge is 0.547 e. The molecule has 2 heterocycles. The predicted octanol–water partition coefficient (Wildman–Crippen LogP) is -2.57. The number of aromatic nitrogens is 4. The van der Waals surface area contributed by atoms with E-state index < -0.39 is 24.1 Å². The van der Waals surface area contributed by atoms with Gasteiger partial charge in [-0.25, -0.2) is 18.3 Å². The number of carbonyl (C=O) groups excluding carboxylic acids is 2. The van der Waals surface area contributed by atoms with Crippen LogP contribution in [-0.2, 0) is 36.8 Å². The third-order valence-electron chi connectivity index (χ3n) is 3.97. The molecule has 0 unspecified atom stereocenters. The fourth-order valence-corrected chi connectivity index (χ4v) is 2.21. The average Bonchev–Trinajstić information content (AvgIpc) is 3.32. The molecule has 0 radical (unpaired) electrons. The van der Waals surface area contributed by atoms with Gasteiger partial charge in [-0.15, -0.1) is 0 Å². The minimum absolute atomic E-state index is 1.15. The Kier molecular flexibility index (Phi) is 13.8. The standard InChI is InChI=1S/2C8H15N2.C4H6O6/c2*1-3-4-5-10-7-6-9(2)8-10;5-1(3(7)8)2(6)4(9)10/h2*6-8H,3-5H2,1-2H3;1-2,5-6H,(H,7,8)(H,9,10)/q2*+1;/p-2/t;;1-,2-/m..0/s1. The number of hydrogen-bond donors (Lipinski definition) is 2. The van der Waals surface area contributed by atoms with Gasteiger partial charge in [0.05, 0.1) is 39.1 Å². The molecule has 2 N–H and O–H groups in total. The maximum Gasteiger partial charge on any atom is 0.243 e. The number of aliphatic hydroxyl groups excluding tert-OH is 2. The van der Waals surface area contributed by atoms with Crippen molar-refractivity contribution < 1.29 is 39.1 Å². The Morgan fingerprint density at radius 3 is 1.37 bits per heavy atom. The van der Waals surface area contributed by atoms with Crippen molar-refractivity contribution in [2.24, 2.45) is 14.1 Å². The molecule has 0 spiro atoms. The highest BCUT2D eigenvalue weighted by atomic mass is 16.4. The summed E-state index contributed by atoms with van der Waals surface area (Å²) in [6.07, 6.45) is 12.8. The molecule has 0 fully saturated rings. The zero-order valence-corrected chi connectivity index (χ0v) is 18.2. The zero-order valence-electron chi connectivity index (χ0n) is 18.2. The molecule has 0 saturated heterocycles. The van der Waals surface area contributed by atoms with Crippen molar-refractivity contribution >= 4 is 11.9 Å². The van der Waals surface area contributed by atoms with E-state index in [2.05, 4.69) is 69.6 Å².